The Labute approximate surface area is 253 Å². The monoisotopic (exact) mass is 818 g/mol. The van der Waals surface area contributed by atoms with Crippen LogP contribution in [0.3, 0.4) is 0 Å². The van der Waals surface area contributed by atoms with Crippen LogP contribution in [-0.4, -0.2) is 53.4 Å². The SMILES string of the molecule is CC.CCCCN(CC)C(=O)c1ccc(C2=CC3(CCNCC3)OC3=CCC=CC(C(C)=O)=C32)cc1.[CH2]=[Re][I]. The average molecular weight is 818 g/mol. The zero-order valence-corrected chi connectivity index (χ0v) is 29.0. The summed E-state index contributed by atoms with van der Waals surface area (Å²) in [5.41, 5.74) is 3.88. The molecule has 0 saturated carbocycles. The predicted molar refractivity (Wildman–Crippen MR) is 169 cm³/mol. The van der Waals surface area contributed by atoms with Gasteiger partial charge in [0.05, 0.1) is 0 Å². The first kappa shape index (κ1) is 33.5. The molecule has 1 amide bonds. The first-order valence-corrected chi connectivity index (χ1v) is 23.7. The Kier molecular flexibility index (Phi) is 14.8. The molecule has 1 saturated heterocycles. The molecule has 1 aliphatic carbocycles. The van der Waals surface area contributed by atoms with Gasteiger partial charge >= 0.3 is 38.4 Å². The van der Waals surface area contributed by atoms with Gasteiger partial charge in [0.15, 0.2) is 5.78 Å². The number of hydrogen-bond acceptors (Lipinski definition) is 4. The van der Waals surface area contributed by atoms with Crippen molar-refractivity contribution in [3.63, 3.8) is 0 Å². The number of unbranched alkanes of at least 4 members (excludes halogenated alkanes) is 1. The Balaban J connectivity index is 0.000000998. The van der Waals surface area contributed by atoms with E-state index >= 15 is 0 Å². The third-order valence-electron chi connectivity index (χ3n) is 6.95. The van der Waals surface area contributed by atoms with Crippen LogP contribution in [0.4, 0.5) is 0 Å². The quantitative estimate of drug-likeness (QED) is 0.299. The van der Waals surface area contributed by atoms with Gasteiger partial charge in [-0.05, 0) is 75.2 Å². The van der Waals surface area contributed by atoms with Crippen molar-refractivity contribution < 1.29 is 28.2 Å². The second-order valence-corrected chi connectivity index (χ2v) is 14.9. The van der Waals surface area contributed by atoms with Gasteiger partial charge in [0, 0.05) is 42.6 Å². The zero-order chi connectivity index (χ0) is 28.8. The van der Waals surface area contributed by atoms with E-state index < -0.39 is 0 Å². The number of allylic oxidation sites excluding steroid dienone is 5. The molecule has 39 heavy (non-hydrogen) atoms. The molecule has 1 fully saturated rings. The van der Waals surface area contributed by atoms with E-state index in [1.807, 2.05) is 62.1 Å². The van der Waals surface area contributed by atoms with Crippen molar-refractivity contribution in [1.29, 1.82) is 0 Å². The molecule has 0 unspecified atom stereocenters. The van der Waals surface area contributed by atoms with Gasteiger partial charge in [-0.3, -0.25) is 9.59 Å². The summed E-state index contributed by atoms with van der Waals surface area (Å²) in [6.45, 7) is 13.0. The van der Waals surface area contributed by atoms with Crippen LogP contribution < -0.4 is 5.32 Å². The molecule has 2 aliphatic heterocycles. The van der Waals surface area contributed by atoms with Gasteiger partial charge < -0.3 is 15.0 Å². The molecular formula is C32H44IN2O3Re. The van der Waals surface area contributed by atoms with E-state index in [-0.39, 0.29) is 31.2 Å². The summed E-state index contributed by atoms with van der Waals surface area (Å²) < 4.78 is 6.61. The summed E-state index contributed by atoms with van der Waals surface area (Å²) in [5, 5.41) is 3.42. The molecule has 1 spiro atoms. The van der Waals surface area contributed by atoms with Crippen LogP contribution in [0.2, 0.25) is 0 Å². The number of ether oxygens (including phenoxy) is 1. The third kappa shape index (κ3) is 8.91. The number of benzene rings is 1. The van der Waals surface area contributed by atoms with Crippen LogP contribution in [0.15, 0.2) is 65.5 Å². The maximum absolute atomic E-state index is 13.0. The summed E-state index contributed by atoms with van der Waals surface area (Å²) in [6, 6.07) is 7.87. The molecule has 5 nitrogen and oxygen atoms in total. The molecule has 0 atom stereocenters. The second kappa shape index (κ2) is 17.2. The Bertz CT molecular complexity index is 1110. The Morgan fingerprint density at radius 3 is 2.36 bits per heavy atom. The average Bonchev–Trinajstić information content (AvgIpc) is 3.17. The van der Waals surface area contributed by atoms with Crippen molar-refractivity contribution in [3.05, 3.63) is 76.6 Å². The first-order valence-electron chi connectivity index (χ1n) is 14.0. The topological polar surface area (TPSA) is 58.6 Å². The third-order valence-corrected chi connectivity index (χ3v) is 6.95. The zero-order valence-electron chi connectivity index (χ0n) is 24.1. The van der Waals surface area contributed by atoms with E-state index in [4.69, 9.17) is 4.74 Å². The van der Waals surface area contributed by atoms with Crippen LogP contribution in [0.5, 0.6) is 0 Å². The molecule has 0 radical (unpaired) electrons. The summed E-state index contributed by atoms with van der Waals surface area (Å²) >= 11 is 2.38. The number of amides is 1. The number of fused-ring (bicyclic) bond motifs is 1. The van der Waals surface area contributed by atoms with Crippen LogP contribution >= 0.6 is 19.5 Å². The predicted octanol–water partition coefficient (Wildman–Crippen LogP) is 7.09. The van der Waals surface area contributed by atoms with Gasteiger partial charge in [0.2, 0.25) is 0 Å². The summed E-state index contributed by atoms with van der Waals surface area (Å²) in [6.07, 6.45) is 12.8. The van der Waals surface area contributed by atoms with Gasteiger partial charge in [0.1, 0.15) is 11.4 Å². The minimum atomic E-state index is -0.379. The van der Waals surface area contributed by atoms with Gasteiger partial charge in [-0.25, -0.2) is 0 Å². The van der Waals surface area contributed by atoms with Crippen LogP contribution in [0.1, 0.15) is 82.6 Å². The molecule has 0 aromatic heterocycles. The van der Waals surface area contributed by atoms with Crippen molar-refractivity contribution in [2.24, 2.45) is 0 Å². The number of ketones is 1. The second-order valence-electron chi connectivity index (χ2n) is 9.44. The molecule has 1 aromatic carbocycles. The molecule has 2 heterocycles. The summed E-state index contributed by atoms with van der Waals surface area (Å²) in [4.78, 5) is 31.2. The first-order chi connectivity index (χ1) is 18.9. The van der Waals surface area contributed by atoms with Crippen LogP contribution in [0.25, 0.3) is 5.57 Å². The molecule has 1 aromatic rings. The van der Waals surface area contributed by atoms with Gasteiger partial charge in [-0.2, -0.15) is 0 Å². The van der Waals surface area contributed by atoms with E-state index in [0.29, 0.717) is 17.7 Å². The van der Waals surface area contributed by atoms with Crippen molar-refractivity contribution in [2.75, 3.05) is 26.2 Å². The summed E-state index contributed by atoms with van der Waals surface area (Å²) in [7, 11) is 0. The molecule has 0 bridgehead atoms. The van der Waals surface area contributed by atoms with Crippen molar-refractivity contribution >= 4 is 41.8 Å². The normalized spacial score (nSPS) is 17.2. The van der Waals surface area contributed by atoms with Crippen molar-refractivity contribution in [2.45, 2.75) is 72.3 Å². The number of nitrogens with zero attached hydrogens (tertiary/aromatic N) is 1. The molecule has 1 N–H and O–H groups in total. The van der Waals surface area contributed by atoms with Gasteiger partial charge in [0.25, 0.3) is 5.91 Å². The number of carbonyl (C=O) groups excluding carboxylic acids is 2. The van der Waals surface area contributed by atoms with E-state index in [9.17, 15) is 9.59 Å². The number of hydrogen-bond donors (Lipinski definition) is 1. The maximum atomic E-state index is 13.0. The van der Waals surface area contributed by atoms with Gasteiger partial charge in [-0.1, -0.05) is 51.5 Å². The van der Waals surface area contributed by atoms with E-state index in [2.05, 4.69) is 48.9 Å². The molecule has 4 rings (SSSR count). The fourth-order valence-corrected chi connectivity index (χ4v) is 4.98. The molecule has 214 valence electrons. The number of carbonyl (C=O) groups is 2. The summed E-state index contributed by atoms with van der Waals surface area (Å²) in [5.74, 6) is 0.891. The van der Waals surface area contributed by atoms with E-state index in [0.717, 1.165) is 74.2 Å². The Morgan fingerprint density at radius 1 is 1.15 bits per heavy atom. The number of piperidine rings is 1. The molecular weight excluding hydrogens is 773 g/mol. The van der Waals surface area contributed by atoms with Crippen LogP contribution in [-0.2, 0) is 23.4 Å². The fraction of sp³-hybridized carbons (Fsp3) is 0.469. The number of rotatable bonds is 7. The number of nitrogens with one attached hydrogen (secondary N) is 1. The van der Waals surface area contributed by atoms with Crippen molar-refractivity contribution in [1.82, 2.24) is 10.2 Å². The van der Waals surface area contributed by atoms with E-state index in [1.165, 1.54) is 0 Å². The molecule has 7 heteroatoms. The van der Waals surface area contributed by atoms with E-state index in [1.54, 1.807) is 6.92 Å². The standard InChI is InChI=1S/C29H36N2O3.C2H6.CH2.HI.Re/c1-4-6-19-31(5-2)28(33)23-13-11-22(12-14-23)25-20-29(15-17-30-18-16-29)34-26-10-8-7-9-24(21(3)32)27(25)26;1-2;;;/h7,9-14,20,30H,4-6,8,15-19H2,1-3H3;1-2H3;1H2;1H;/q;;;;+1/p-1. The Hall–Kier alpha value is -1.66. The fourth-order valence-electron chi connectivity index (χ4n) is 4.98. The van der Waals surface area contributed by atoms with Crippen molar-refractivity contribution in [3.8, 4) is 0 Å². The van der Waals surface area contributed by atoms with Crippen LogP contribution in [0, 0.1) is 0 Å². The van der Waals surface area contributed by atoms with Gasteiger partial charge in [-0.15, -0.1) is 0 Å². The minimum absolute atomic E-state index is 0.0242. The number of halogens is 1. The molecule has 3 aliphatic rings. The number of Topliss-reactive ketones (excluding diaryl/α,β-unsaturated/α-hetero) is 1. The Morgan fingerprint density at radius 2 is 1.79 bits per heavy atom.